The van der Waals surface area contributed by atoms with Crippen LogP contribution in [0.4, 0.5) is 13.2 Å². The first-order chi connectivity index (χ1) is 7.54. The summed E-state index contributed by atoms with van der Waals surface area (Å²) < 4.78 is 38.6. The second-order valence-corrected chi connectivity index (χ2v) is 5.06. The van der Waals surface area contributed by atoms with Crippen molar-refractivity contribution in [3.63, 3.8) is 0 Å². The summed E-state index contributed by atoms with van der Waals surface area (Å²) in [7, 11) is 0. The Balaban J connectivity index is 1.83. The molecule has 0 bridgehead atoms. The summed E-state index contributed by atoms with van der Waals surface area (Å²) in [4.78, 5) is 0. The second kappa shape index (κ2) is 4.53. The van der Waals surface area contributed by atoms with E-state index in [0.29, 0.717) is 19.3 Å². The highest BCUT2D eigenvalue weighted by molar-refractivity contribution is 4.96. The van der Waals surface area contributed by atoms with Gasteiger partial charge in [-0.3, -0.25) is 0 Å². The molecule has 2 N–H and O–H groups in total. The van der Waals surface area contributed by atoms with Crippen LogP contribution in [-0.2, 0) is 0 Å². The fraction of sp³-hybridized carbons (Fsp3) is 1.00. The predicted octanol–water partition coefficient (Wildman–Crippen LogP) is 2.06. The smallest absolute Gasteiger partial charge is 0.315 e. The Morgan fingerprint density at radius 3 is 2.44 bits per heavy atom. The molecule has 1 aliphatic heterocycles. The predicted molar refractivity (Wildman–Crippen MR) is 56.2 cm³/mol. The van der Waals surface area contributed by atoms with Crippen molar-refractivity contribution in [2.75, 3.05) is 19.6 Å². The quantitative estimate of drug-likeness (QED) is 0.783. The zero-order valence-corrected chi connectivity index (χ0v) is 9.37. The molecule has 1 saturated carbocycles. The molecular formula is C11H19F3N2. The number of alkyl halides is 3. The molecule has 0 spiro atoms. The van der Waals surface area contributed by atoms with E-state index in [9.17, 15) is 13.2 Å². The molecule has 2 rings (SSSR count). The molecule has 1 saturated heterocycles. The number of hydrogen-bond acceptors (Lipinski definition) is 2. The lowest BCUT2D eigenvalue weighted by molar-refractivity contribution is -0.248. The number of nitrogens with one attached hydrogen (secondary N) is 2. The Hall–Kier alpha value is -0.290. The SMILES string of the molecule is FC(F)(F)C1(CNC2CCCNC2)CCC1. The van der Waals surface area contributed by atoms with E-state index >= 15 is 0 Å². The summed E-state index contributed by atoms with van der Waals surface area (Å²) in [5, 5.41) is 6.29. The van der Waals surface area contributed by atoms with Gasteiger partial charge in [0.05, 0.1) is 5.41 Å². The van der Waals surface area contributed by atoms with Crippen molar-refractivity contribution < 1.29 is 13.2 Å². The highest BCUT2D eigenvalue weighted by atomic mass is 19.4. The van der Waals surface area contributed by atoms with Crippen molar-refractivity contribution in [3.05, 3.63) is 0 Å². The van der Waals surface area contributed by atoms with Gasteiger partial charge in [-0.05, 0) is 32.2 Å². The number of halogens is 3. The average molecular weight is 236 g/mol. The molecule has 0 amide bonds. The first kappa shape index (κ1) is 12.2. The maximum atomic E-state index is 12.9. The first-order valence-electron chi connectivity index (χ1n) is 6.04. The van der Waals surface area contributed by atoms with Gasteiger partial charge in [0.25, 0.3) is 0 Å². The van der Waals surface area contributed by atoms with Crippen LogP contribution in [0.5, 0.6) is 0 Å². The third-order valence-electron chi connectivity index (χ3n) is 3.94. The van der Waals surface area contributed by atoms with Crippen LogP contribution in [-0.4, -0.2) is 31.9 Å². The molecular weight excluding hydrogens is 217 g/mol. The Bertz CT molecular complexity index is 230. The minimum atomic E-state index is -4.04. The molecule has 16 heavy (non-hydrogen) atoms. The van der Waals surface area contributed by atoms with Crippen LogP contribution in [0, 0.1) is 5.41 Å². The lowest BCUT2D eigenvalue weighted by atomic mass is 9.68. The Morgan fingerprint density at radius 1 is 1.25 bits per heavy atom. The molecule has 1 heterocycles. The Kier molecular flexibility index (Phi) is 3.45. The molecule has 2 fully saturated rings. The lowest BCUT2D eigenvalue weighted by Crippen LogP contribution is -2.54. The van der Waals surface area contributed by atoms with Gasteiger partial charge in [-0.15, -0.1) is 0 Å². The molecule has 5 heteroatoms. The van der Waals surface area contributed by atoms with Crippen molar-refractivity contribution in [3.8, 4) is 0 Å². The normalized spacial score (nSPS) is 29.8. The van der Waals surface area contributed by atoms with Crippen LogP contribution in [0.15, 0.2) is 0 Å². The summed E-state index contributed by atoms with van der Waals surface area (Å²) >= 11 is 0. The van der Waals surface area contributed by atoms with E-state index < -0.39 is 11.6 Å². The summed E-state index contributed by atoms with van der Waals surface area (Å²) in [6.45, 7) is 1.89. The molecule has 1 unspecified atom stereocenters. The van der Waals surface area contributed by atoms with E-state index in [4.69, 9.17) is 0 Å². The number of piperidine rings is 1. The van der Waals surface area contributed by atoms with Crippen LogP contribution < -0.4 is 10.6 Å². The summed E-state index contributed by atoms with van der Waals surface area (Å²) in [6.07, 6.45) is -0.699. The molecule has 2 nitrogen and oxygen atoms in total. The zero-order chi connectivity index (χ0) is 11.6. The molecule has 0 aromatic heterocycles. The molecule has 0 radical (unpaired) electrons. The topological polar surface area (TPSA) is 24.1 Å². The van der Waals surface area contributed by atoms with E-state index in [2.05, 4.69) is 10.6 Å². The molecule has 0 aromatic rings. The van der Waals surface area contributed by atoms with Gasteiger partial charge in [-0.25, -0.2) is 0 Å². The van der Waals surface area contributed by atoms with E-state index in [0.717, 1.165) is 25.9 Å². The summed E-state index contributed by atoms with van der Waals surface area (Å²) in [5.41, 5.74) is -1.43. The minimum absolute atomic E-state index is 0.100. The van der Waals surface area contributed by atoms with Gasteiger partial charge < -0.3 is 10.6 Å². The summed E-state index contributed by atoms with van der Waals surface area (Å²) in [6, 6.07) is 0.216. The van der Waals surface area contributed by atoms with Crippen molar-refractivity contribution >= 4 is 0 Å². The van der Waals surface area contributed by atoms with Crippen LogP contribution >= 0.6 is 0 Å². The Morgan fingerprint density at radius 2 is 2.00 bits per heavy atom. The molecule has 0 aromatic carbocycles. The van der Waals surface area contributed by atoms with Gasteiger partial charge in [0.1, 0.15) is 0 Å². The fourth-order valence-electron chi connectivity index (χ4n) is 2.53. The zero-order valence-electron chi connectivity index (χ0n) is 9.37. The van der Waals surface area contributed by atoms with Crippen LogP contribution in [0.25, 0.3) is 0 Å². The molecule has 2 aliphatic rings. The van der Waals surface area contributed by atoms with Gasteiger partial charge in [0.15, 0.2) is 0 Å². The van der Waals surface area contributed by atoms with Gasteiger partial charge in [0, 0.05) is 19.1 Å². The van der Waals surface area contributed by atoms with Crippen molar-refractivity contribution in [2.24, 2.45) is 5.41 Å². The highest BCUT2D eigenvalue weighted by Crippen LogP contribution is 2.52. The lowest BCUT2D eigenvalue weighted by Gasteiger charge is -2.44. The van der Waals surface area contributed by atoms with Crippen LogP contribution in [0.3, 0.4) is 0 Å². The maximum absolute atomic E-state index is 12.9. The van der Waals surface area contributed by atoms with Gasteiger partial charge >= 0.3 is 6.18 Å². The molecule has 94 valence electrons. The largest absolute Gasteiger partial charge is 0.395 e. The van der Waals surface area contributed by atoms with Gasteiger partial charge in [-0.2, -0.15) is 13.2 Å². The Labute approximate surface area is 94.0 Å². The van der Waals surface area contributed by atoms with Crippen LogP contribution in [0.1, 0.15) is 32.1 Å². The van der Waals surface area contributed by atoms with Crippen molar-refractivity contribution in [1.82, 2.24) is 10.6 Å². The molecule has 1 atom stereocenters. The molecule has 1 aliphatic carbocycles. The minimum Gasteiger partial charge on any atom is -0.315 e. The summed E-state index contributed by atoms with van der Waals surface area (Å²) in [5.74, 6) is 0. The van der Waals surface area contributed by atoms with Crippen molar-refractivity contribution in [1.29, 1.82) is 0 Å². The van der Waals surface area contributed by atoms with E-state index in [-0.39, 0.29) is 12.6 Å². The third kappa shape index (κ3) is 2.35. The van der Waals surface area contributed by atoms with E-state index in [1.165, 1.54) is 0 Å². The van der Waals surface area contributed by atoms with Gasteiger partial charge in [0.2, 0.25) is 0 Å². The van der Waals surface area contributed by atoms with E-state index in [1.54, 1.807) is 0 Å². The van der Waals surface area contributed by atoms with Gasteiger partial charge in [-0.1, -0.05) is 6.42 Å². The van der Waals surface area contributed by atoms with Crippen LogP contribution in [0.2, 0.25) is 0 Å². The first-order valence-corrected chi connectivity index (χ1v) is 6.04. The fourth-order valence-corrected chi connectivity index (χ4v) is 2.53. The average Bonchev–Trinajstić information content (AvgIpc) is 2.15. The standard InChI is InChI=1S/C11H19F3N2/c12-11(13,14)10(4-2-5-10)8-16-9-3-1-6-15-7-9/h9,15-16H,1-8H2. The number of hydrogen-bond donors (Lipinski definition) is 2. The highest BCUT2D eigenvalue weighted by Gasteiger charge is 2.57. The maximum Gasteiger partial charge on any atom is 0.395 e. The third-order valence-corrected chi connectivity index (χ3v) is 3.94. The second-order valence-electron chi connectivity index (χ2n) is 5.06. The van der Waals surface area contributed by atoms with Crippen molar-refractivity contribution in [2.45, 2.75) is 44.3 Å². The monoisotopic (exact) mass is 236 g/mol. The number of rotatable bonds is 3. The van der Waals surface area contributed by atoms with E-state index in [1.807, 2.05) is 0 Å².